The number of methoxy groups -OCH3 is 1. The monoisotopic (exact) mass is 621 g/mol. The molecule has 2 aromatic rings. The van der Waals surface area contributed by atoms with Gasteiger partial charge in [0.05, 0.1) is 24.6 Å². The zero-order valence-corrected chi connectivity index (χ0v) is 24.3. The fourth-order valence-corrected chi connectivity index (χ4v) is 7.29. The van der Waals surface area contributed by atoms with E-state index in [0.29, 0.717) is 43.9 Å². The second-order valence-corrected chi connectivity index (χ2v) is 12.0. The third-order valence-corrected chi connectivity index (χ3v) is 9.44. The molecule has 4 atom stereocenters. The van der Waals surface area contributed by atoms with Gasteiger partial charge in [0.1, 0.15) is 0 Å². The summed E-state index contributed by atoms with van der Waals surface area (Å²) in [7, 11) is 1.43. The van der Waals surface area contributed by atoms with Gasteiger partial charge in [0.2, 0.25) is 11.8 Å². The van der Waals surface area contributed by atoms with Crippen molar-refractivity contribution in [2.24, 2.45) is 17.8 Å². The van der Waals surface area contributed by atoms with E-state index in [1.165, 1.54) is 18.1 Å². The molecule has 0 spiro atoms. The van der Waals surface area contributed by atoms with Crippen molar-refractivity contribution in [3.8, 4) is 11.5 Å². The number of aryl methyl sites for hydroxylation is 1. The molecule has 0 saturated carbocycles. The second kappa shape index (κ2) is 9.56. The van der Waals surface area contributed by atoms with Crippen LogP contribution in [0.1, 0.15) is 36.8 Å². The Morgan fingerprint density at radius 3 is 2.50 bits per heavy atom. The number of anilines is 1. The number of imide groups is 1. The molecular formula is C31H25BrClNO6. The van der Waals surface area contributed by atoms with Crippen LogP contribution in [0.15, 0.2) is 69.2 Å². The number of fused-ring (bicyclic) bond motifs is 3. The van der Waals surface area contributed by atoms with Gasteiger partial charge in [-0.25, -0.2) is 4.90 Å². The van der Waals surface area contributed by atoms with Crippen molar-refractivity contribution >= 4 is 56.6 Å². The van der Waals surface area contributed by atoms with E-state index in [0.717, 1.165) is 11.1 Å². The number of amides is 2. The van der Waals surface area contributed by atoms with Crippen molar-refractivity contribution in [1.29, 1.82) is 0 Å². The van der Waals surface area contributed by atoms with Crippen LogP contribution in [0.3, 0.4) is 0 Å². The first-order valence-corrected chi connectivity index (χ1v) is 14.1. The lowest BCUT2D eigenvalue weighted by Gasteiger charge is -2.42. The number of carbonyl (C=O) groups excluding carboxylic acids is 4. The van der Waals surface area contributed by atoms with Gasteiger partial charge in [-0.2, -0.15) is 0 Å². The van der Waals surface area contributed by atoms with E-state index >= 15 is 0 Å². The van der Waals surface area contributed by atoms with Crippen LogP contribution < -0.4 is 9.64 Å². The number of allylic oxidation sites excluding steroid dienone is 6. The van der Waals surface area contributed by atoms with Crippen molar-refractivity contribution in [3.63, 3.8) is 0 Å². The summed E-state index contributed by atoms with van der Waals surface area (Å²) in [5.41, 5.74) is 3.31. The third-order valence-electron chi connectivity index (χ3n) is 8.58. The van der Waals surface area contributed by atoms with Crippen LogP contribution in [-0.2, 0) is 19.2 Å². The Labute approximate surface area is 244 Å². The molecule has 2 aromatic carbocycles. The van der Waals surface area contributed by atoms with Gasteiger partial charge >= 0.3 is 0 Å². The van der Waals surface area contributed by atoms with Crippen LogP contribution in [0.2, 0.25) is 5.02 Å². The highest BCUT2D eigenvalue weighted by Crippen LogP contribution is 2.57. The van der Waals surface area contributed by atoms with Gasteiger partial charge < -0.3 is 9.84 Å². The molecular weight excluding hydrogens is 598 g/mol. The maximum atomic E-state index is 14.0. The number of phenols is 1. The van der Waals surface area contributed by atoms with E-state index < -0.39 is 23.7 Å². The summed E-state index contributed by atoms with van der Waals surface area (Å²) < 4.78 is 6.00. The Morgan fingerprint density at radius 1 is 1.05 bits per heavy atom. The molecule has 2 amide bonds. The molecule has 3 aliphatic carbocycles. The lowest BCUT2D eigenvalue weighted by Crippen LogP contribution is -2.39. The number of ether oxygens (including phenoxy) is 1. The minimum Gasteiger partial charge on any atom is -0.504 e. The standard InChI is InChI=1S/C31H25BrClNO6/c1-13-4-5-16(11-22(13)33)34-30(38)18-7-6-17-19(26(18)31(34)39)12-20-23(35)8-14(2)28(36)27(20)25(17)21-9-15(32)10-24(40-3)29(21)37/h4-6,8-11,18-19,25-26,37H,7,12H2,1-3H3. The first-order valence-electron chi connectivity index (χ1n) is 12.9. The normalized spacial score (nSPS) is 25.9. The molecule has 9 heteroatoms. The molecule has 4 aliphatic rings. The van der Waals surface area contributed by atoms with Crippen LogP contribution in [0.5, 0.6) is 11.5 Å². The molecule has 1 aliphatic heterocycles. The van der Waals surface area contributed by atoms with E-state index in [9.17, 15) is 24.3 Å². The van der Waals surface area contributed by atoms with Crippen LogP contribution in [0, 0.1) is 24.7 Å². The van der Waals surface area contributed by atoms with Crippen molar-refractivity contribution < 1.29 is 29.0 Å². The van der Waals surface area contributed by atoms with E-state index in [4.69, 9.17) is 16.3 Å². The molecule has 1 heterocycles. The minimum atomic E-state index is -0.785. The number of benzene rings is 2. The molecule has 0 aromatic heterocycles. The Balaban J connectivity index is 1.52. The number of phenolic OH excluding ortho intramolecular Hbond substituents is 1. The van der Waals surface area contributed by atoms with E-state index in [2.05, 4.69) is 15.9 Å². The maximum absolute atomic E-state index is 14.0. The number of aromatic hydroxyl groups is 1. The van der Waals surface area contributed by atoms with Crippen molar-refractivity contribution in [3.05, 3.63) is 85.4 Å². The predicted octanol–water partition coefficient (Wildman–Crippen LogP) is 5.76. The molecule has 1 saturated heterocycles. The Hall–Kier alpha value is -3.49. The van der Waals surface area contributed by atoms with Crippen LogP contribution in [0.25, 0.3) is 0 Å². The van der Waals surface area contributed by atoms with Crippen LogP contribution in [-0.4, -0.2) is 35.6 Å². The molecule has 204 valence electrons. The summed E-state index contributed by atoms with van der Waals surface area (Å²) in [5, 5.41) is 11.7. The average molecular weight is 623 g/mol. The van der Waals surface area contributed by atoms with Gasteiger partial charge in [-0.15, -0.1) is 0 Å². The molecule has 7 nitrogen and oxygen atoms in total. The highest BCUT2D eigenvalue weighted by atomic mass is 79.9. The summed E-state index contributed by atoms with van der Waals surface area (Å²) >= 11 is 9.80. The Kier molecular flexibility index (Phi) is 6.39. The van der Waals surface area contributed by atoms with E-state index in [1.54, 1.807) is 37.3 Å². The SMILES string of the molecule is COc1cc(Br)cc(C2C3=CCC4C(=O)N(c5ccc(C)c(Cl)c5)C(=O)C4C3CC3=C2C(=O)C(C)=CC3=O)c1O. The predicted molar refractivity (Wildman–Crippen MR) is 152 cm³/mol. The van der Waals surface area contributed by atoms with Gasteiger partial charge in [-0.3, -0.25) is 19.2 Å². The van der Waals surface area contributed by atoms with Gasteiger partial charge in [0.25, 0.3) is 0 Å². The van der Waals surface area contributed by atoms with Crippen molar-refractivity contribution in [1.82, 2.24) is 0 Å². The summed E-state index contributed by atoms with van der Waals surface area (Å²) in [4.78, 5) is 55.7. The number of ketones is 2. The lowest BCUT2D eigenvalue weighted by atomic mass is 9.59. The first kappa shape index (κ1) is 26.7. The zero-order valence-electron chi connectivity index (χ0n) is 22.0. The van der Waals surface area contributed by atoms with Crippen molar-refractivity contribution in [2.45, 2.75) is 32.6 Å². The molecule has 0 radical (unpaired) electrons. The highest BCUT2D eigenvalue weighted by Gasteiger charge is 2.57. The number of hydrogen-bond donors (Lipinski definition) is 1. The van der Waals surface area contributed by atoms with Crippen LogP contribution in [0.4, 0.5) is 5.69 Å². The van der Waals surface area contributed by atoms with Gasteiger partial charge in [0, 0.05) is 37.7 Å². The number of carbonyl (C=O) groups is 4. The molecule has 1 fully saturated rings. The average Bonchev–Trinajstić information content (AvgIpc) is 3.18. The zero-order chi connectivity index (χ0) is 28.6. The minimum absolute atomic E-state index is 0.150. The largest absolute Gasteiger partial charge is 0.504 e. The second-order valence-electron chi connectivity index (χ2n) is 10.7. The summed E-state index contributed by atoms with van der Waals surface area (Å²) in [6.45, 7) is 3.44. The fourth-order valence-electron chi connectivity index (χ4n) is 6.66. The highest BCUT2D eigenvalue weighted by molar-refractivity contribution is 9.10. The molecule has 0 bridgehead atoms. The smallest absolute Gasteiger partial charge is 0.238 e. The Bertz CT molecular complexity index is 1650. The van der Waals surface area contributed by atoms with Gasteiger partial charge in [-0.1, -0.05) is 45.2 Å². The number of Topliss-reactive ketones (excluding diaryl/α,β-unsaturated/α-hetero) is 1. The van der Waals surface area contributed by atoms with E-state index in [-0.39, 0.29) is 41.3 Å². The molecule has 6 rings (SSSR count). The summed E-state index contributed by atoms with van der Waals surface area (Å²) in [6, 6.07) is 8.40. The molecule has 1 N–H and O–H groups in total. The fraction of sp³-hybridized carbons (Fsp3) is 0.290. The topological polar surface area (TPSA) is 101 Å². The number of rotatable bonds is 3. The van der Waals surface area contributed by atoms with Crippen LogP contribution >= 0.6 is 27.5 Å². The van der Waals surface area contributed by atoms with Crippen molar-refractivity contribution in [2.75, 3.05) is 12.0 Å². The third kappa shape index (κ3) is 3.84. The lowest BCUT2D eigenvalue weighted by molar-refractivity contribution is -0.123. The number of halogens is 2. The Morgan fingerprint density at radius 2 is 1.80 bits per heavy atom. The maximum Gasteiger partial charge on any atom is 0.238 e. The van der Waals surface area contributed by atoms with E-state index in [1.807, 2.05) is 13.0 Å². The quantitative estimate of drug-likeness (QED) is 0.266. The first-order chi connectivity index (χ1) is 19.0. The summed E-state index contributed by atoms with van der Waals surface area (Å²) in [6.07, 6.45) is 3.69. The molecule has 4 unspecified atom stereocenters. The number of hydrogen-bond acceptors (Lipinski definition) is 6. The number of nitrogens with zero attached hydrogens (tertiary/aromatic N) is 1. The van der Waals surface area contributed by atoms with Gasteiger partial charge in [0.15, 0.2) is 23.1 Å². The summed E-state index contributed by atoms with van der Waals surface area (Å²) in [5.74, 6) is -3.81. The molecule has 40 heavy (non-hydrogen) atoms. The van der Waals surface area contributed by atoms with Gasteiger partial charge in [-0.05, 0) is 68.5 Å².